The summed E-state index contributed by atoms with van der Waals surface area (Å²) in [5.41, 5.74) is 8.35. The van der Waals surface area contributed by atoms with E-state index in [2.05, 4.69) is 117 Å². The fraction of sp³-hybridized carbons (Fsp3) is 0.219. The Balaban J connectivity index is 1.95. The van der Waals surface area contributed by atoms with Crippen LogP contribution in [0.15, 0.2) is 72.9 Å². The molecule has 0 unspecified atom stereocenters. The van der Waals surface area contributed by atoms with Gasteiger partial charge in [0.1, 0.15) is 7.05 Å². The van der Waals surface area contributed by atoms with E-state index in [4.69, 9.17) is 0 Å². The van der Waals surface area contributed by atoms with Crippen LogP contribution in [0.4, 0.5) is 0 Å². The van der Waals surface area contributed by atoms with Crippen molar-refractivity contribution in [3.05, 3.63) is 84.1 Å². The zero-order chi connectivity index (χ0) is 23.4. The highest BCUT2D eigenvalue weighted by molar-refractivity contribution is 6.28. The number of nitrogens with zero attached hydrogens (tertiary/aromatic N) is 2. The van der Waals surface area contributed by atoms with Gasteiger partial charge in [-0.3, -0.25) is 0 Å². The molecule has 0 saturated heterocycles. The quantitative estimate of drug-likeness (QED) is 0.139. The van der Waals surface area contributed by atoms with E-state index in [-0.39, 0.29) is 5.41 Å². The Morgan fingerprint density at radius 2 is 1.44 bits per heavy atom. The number of aryl methyl sites for hydroxylation is 2. The van der Waals surface area contributed by atoms with Crippen molar-refractivity contribution >= 4 is 59.8 Å². The summed E-state index contributed by atoms with van der Waals surface area (Å²) in [6, 6.07) is 24.8. The van der Waals surface area contributed by atoms with E-state index in [1.807, 2.05) is 0 Å². The van der Waals surface area contributed by atoms with Crippen molar-refractivity contribution < 1.29 is 4.57 Å². The van der Waals surface area contributed by atoms with Crippen molar-refractivity contribution in [1.29, 1.82) is 0 Å². The molecule has 0 bridgehead atoms. The molecule has 2 heteroatoms. The van der Waals surface area contributed by atoms with Crippen molar-refractivity contribution in [2.45, 2.75) is 34.1 Å². The zero-order valence-corrected chi connectivity index (χ0v) is 20.5. The first-order valence-electron chi connectivity index (χ1n) is 12.2. The highest BCUT2D eigenvalue weighted by Crippen LogP contribution is 2.44. The van der Waals surface area contributed by atoms with Crippen LogP contribution >= 0.6 is 0 Å². The third kappa shape index (κ3) is 2.43. The second kappa shape index (κ2) is 6.48. The molecule has 2 nitrogen and oxygen atoms in total. The van der Waals surface area contributed by atoms with Gasteiger partial charge in [0.15, 0.2) is 6.20 Å². The average molecular weight is 442 g/mol. The number of fused-ring (bicyclic) bond motifs is 7. The van der Waals surface area contributed by atoms with Crippen LogP contribution in [0.1, 0.15) is 31.9 Å². The summed E-state index contributed by atoms with van der Waals surface area (Å²) in [5, 5.41) is 9.48. The molecule has 0 fully saturated rings. The second-order valence-corrected chi connectivity index (χ2v) is 11.2. The maximum Gasteiger partial charge on any atom is 0.224 e. The van der Waals surface area contributed by atoms with Gasteiger partial charge in [0.2, 0.25) is 5.52 Å². The Morgan fingerprint density at radius 1 is 0.735 bits per heavy atom. The Kier molecular flexibility index (Phi) is 3.77. The lowest BCUT2D eigenvalue weighted by molar-refractivity contribution is -0.643. The van der Waals surface area contributed by atoms with Gasteiger partial charge in [0, 0.05) is 16.8 Å². The van der Waals surface area contributed by atoms with Crippen molar-refractivity contribution in [1.82, 2.24) is 4.40 Å². The average Bonchev–Trinajstić information content (AvgIpc) is 3.16. The second-order valence-electron chi connectivity index (χ2n) is 11.2. The monoisotopic (exact) mass is 441 g/mol. The predicted octanol–water partition coefficient (Wildman–Crippen LogP) is 7.86. The summed E-state index contributed by atoms with van der Waals surface area (Å²) in [7, 11) is 2.20. The highest BCUT2D eigenvalue weighted by atomic mass is 15.0. The number of rotatable bonds is 1. The normalized spacial score (nSPS) is 13.0. The molecule has 34 heavy (non-hydrogen) atoms. The van der Waals surface area contributed by atoms with Gasteiger partial charge in [-0.1, -0.05) is 75.4 Å². The number of benzene rings is 4. The van der Waals surface area contributed by atoms with Gasteiger partial charge in [0.05, 0.1) is 27.3 Å². The van der Waals surface area contributed by atoms with Gasteiger partial charge in [0.25, 0.3) is 0 Å². The Labute approximate surface area is 199 Å². The van der Waals surface area contributed by atoms with Gasteiger partial charge in [-0.2, -0.15) is 0 Å². The molecule has 0 saturated carbocycles. The molecule has 0 aliphatic rings. The molecule has 166 valence electrons. The van der Waals surface area contributed by atoms with Gasteiger partial charge >= 0.3 is 0 Å². The third-order valence-corrected chi connectivity index (χ3v) is 7.66. The van der Waals surface area contributed by atoms with Crippen LogP contribution in [0.5, 0.6) is 0 Å². The van der Waals surface area contributed by atoms with Crippen LogP contribution in [0.2, 0.25) is 0 Å². The highest BCUT2D eigenvalue weighted by Gasteiger charge is 2.28. The molecule has 3 aromatic heterocycles. The molecule has 7 aromatic rings. The number of hydrogen-bond acceptors (Lipinski definition) is 0. The smallest absolute Gasteiger partial charge is 0.224 e. The number of pyridine rings is 2. The topological polar surface area (TPSA) is 8.29 Å². The van der Waals surface area contributed by atoms with Crippen LogP contribution in [-0.2, 0) is 13.5 Å². The van der Waals surface area contributed by atoms with Gasteiger partial charge in [-0.25, -0.2) is 4.57 Å². The molecule has 0 radical (unpaired) electrons. The maximum atomic E-state index is 2.59. The molecular weight excluding hydrogens is 412 g/mol. The Morgan fingerprint density at radius 3 is 2.21 bits per heavy atom. The number of hydrogen-bond donors (Lipinski definition) is 0. The largest absolute Gasteiger partial charge is 0.307 e. The number of aromatic nitrogens is 2. The van der Waals surface area contributed by atoms with Gasteiger partial charge in [-0.15, -0.1) is 0 Å². The minimum absolute atomic E-state index is 0.166. The van der Waals surface area contributed by atoms with Crippen molar-refractivity contribution in [2.24, 2.45) is 12.5 Å². The SMILES string of the molecule is Cc1c2ccccc2c(CC(C)(C)C)c2c1c1c3c(ccc4c5ccccc5n2c43)cc[n+]1C. The van der Waals surface area contributed by atoms with E-state index in [0.29, 0.717) is 0 Å². The summed E-state index contributed by atoms with van der Waals surface area (Å²) < 4.78 is 4.93. The van der Waals surface area contributed by atoms with E-state index < -0.39 is 0 Å². The first-order valence-corrected chi connectivity index (χ1v) is 12.2. The van der Waals surface area contributed by atoms with Crippen LogP contribution < -0.4 is 4.57 Å². The Bertz CT molecular complexity index is 1930. The van der Waals surface area contributed by atoms with Crippen LogP contribution in [0.25, 0.3) is 59.8 Å². The van der Waals surface area contributed by atoms with Gasteiger partial charge in [-0.05, 0) is 52.1 Å². The van der Waals surface area contributed by atoms with Crippen molar-refractivity contribution in [2.75, 3.05) is 0 Å². The molecule has 0 amide bonds. The van der Waals surface area contributed by atoms with Crippen molar-refractivity contribution in [3.8, 4) is 0 Å². The summed E-state index contributed by atoms with van der Waals surface area (Å²) >= 11 is 0. The first-order chi connectivity index (χ1) is 16.3. The standard InChI is InChI=1S/C32H29N2/c1-19-21-10-6-7-11-22(21)25(18-32(2,3)4)30-27(19)31-28-20(16-17-33(31)5)14-15-24-23-12-8-9-13-26(23)34(30)29(24)28/h6-17H,18H2,1-5H3/q+1. The zero-order valence-electron chi connectivity index (χ0n) is 20.5. The molecule has 0 N–H and O–H groups in total. The van der Waals surface area contributed by atoms with Crippen LogP contribution in [0.3, 0.4) is 0 Å². The summed E-state index contributed by atoms with van der Waals surface area (Å²) in [6.45, 7) is 9.39. The van der Waals surface area contributed by atoms with E-state index in [1.165, 1.54) is 70.9 Å². The first kappa shape index (κ1) is 19.8. The minimum Gasteiger partial charge on any atom is -0.307 e. The molecule has 0 atom stereocenters. The summed E-state index contributed by atoms with van der Waals surface area (Å²) in [6.07, 6.45) is 3.25. The fourth-order valence-corrected chi connectivity index (χ4v) is 6.35. The molecular formula is C32H29N2+. The third-order valence-electron chi connectivity index (χ3n) is 7.66. The van der Waals surface area contributed by atoms with E-state index in [9.17, 15) is 0 Å². The van der Waals surface area contributed by atoms with E-state index >= 15 is 0 Å². The van der Waals surface area contributed by atoms with Crippen LogP contribution in [0, 0.1) is 12.3 Å². The number of para-hydroxylation sites is 1. The summed E-state index contributed by atoms with van der Waals surface area (Å²) in [5.74, 6) is 0. The van der Waals surface area contributed by atoms with Crippen molar-refractivity contribution in [3.63, 3.8) is 0 Å². The molecule has 0 spiro atoms. The van der Waals surface area contributed by atoms with E-state index in [0.717, 1.165) is 6.42 Å². The lowest BCUT2D eigenvalue weighted by atomic mass is 9.83. The van der Waals surface area contributed by atoms with Crippen LogP contribution in [-0.4, -0.2) is 4.40 Å². The predicted molar refractivity (Wildman–Crippen MR) is 145 cm³/mol. The molecule has 3 heterocycles. The fourth-order valence-electron chi connectivity index (χ4n) is 6.35. The molecule has 7 rings (SSSR count). The Hall–Kier alpha value is -3.65. The minimum atomic E-state index is 0.166. The lowest BCUT2D eigenvalue weighted by Gasteiger charge is -2.24. The van der Waals surface area contributed by atoms with E-state index in [1.54, 1.807) is 0 Å². The maximum absolute atomic E-state index is 2.59. The molecule has 0 aliphatic heterocycles. The molecule has 0 aliphatic carbocycles. The molecule has 4 aromatic carbocycles. The van der Waals surface area contributed by atoms with Gasteiger partial charge < -0.3 is 4.40 Å². The summed E-state index contributed by atoms with van der Waals surface area (Å²) in [4.78, 5) is 0. The lowest BCUT2D eigenvalue weighted by Crippen LogP contribution is -2.29.